The Hall–Kier alpha value is -5.80. The third kappa shape index (κ3) is 3.46. The molecule has 10 aromatic rings. The fraction of sp³-hybridized carbons (Fsp3) is 0.0909. The lowest BCUT2D eigenvalue weighted by molar-refractivity contribution is 0.624. The number of benzene rings is 7. The van der Waals surface area contributed by atoms with Crippen LogP contribution in [0.3, 0.4) is 0 Å². The lowest BCUT2D eigenvalue weighted by Crippen LogP contribution is -2.02. The minimum absolute atomic E-state index is 0.898. The smallest absolute Gasteiger partial charge is 0.159 e. The molecule has 7 aromatic carbocycles. The molecule has 0 fully saturated rings. The molecular formula is C44H31NO2. The number of hydrogen-bond donors (Lipinski definition) is 0. The summed E-state index contributed by atoms with van der Waals surface area (Å²) >= 11 is 0. The minimum Gasteiger partial charge on any atom is -0.455 e. The Morgan fingerprint density at radius 2 is 1.21 bits per heavy atom. The SMILES string of the molecule is CC.c1ccc2c(c1)CCc1c-2oc2c3ccccc3c3c4c5ccccc5ccc4n(-c4cccc5c4oc4ccccc45)c3c12. The molecule has 0 saturated heterocycles. The highest BCUT2D eigenvalue weighted by Gasteiger charge is 2.30. The third-order valence-electron chi connectivity index (χ3n) is 10.1. The molecule has 3 heteroatoms. The summed E-state index contributed by atoms with van der Waals surface area (Å²) in [6, 6.07) is 45.7. The average molecular weight is 606 g/mol. The standard InChI is InChI=1S/C42H25NO2.C2H6/c1-3-12-26-24(10-1)21-23-33-36(26)37-29-15-5-6-16-31(29)42-38(32-22-20-25-11-2-4-13-27(25)40(32)45-42)39(37)43(33)34-18-9-17-30-28-14-7-8-19-35(28)44-41(30)34;1-2/h1-19,21,23H,20,22H2;1-2H3. The van der Waals surface area contributed by atoms with Crippen molar-refractivity contribution < 1.29 is 8.83 Å². The highest BCUT2D eigenvalue weighted by molar-refractivity contribution is 6.36. The quantitative estimate of drug-likeness (QED) is 0.186. The number of aryl methyl sites for hydroxylation is 2. The van der Waals surface area contributed by atoms with Gasteiger partial charge in [0.05, 0.1) is 16.7 Å². The molecule has 0 unspecified atom stereocenters. The Morgan fingerprint density at radius 3 is 2.11 bits per heavy atom. The average Bonchev–Trinajstić information content (AvgIpc) is 3.83. The summed E-state index contributed by atoms with van der Waals surface area (Å²) in [6.45, 7) is 4.00. The first-order valence-electron chi connectivity index (χ1n) is 16.7. The van der Waals surface area contributed by atoms with Gasteiger partial charge in [-0.3, -0.25) is 0 Å². The molecule has 11 rings (SSSR count). The van der Waals surface area contributed by atoms with Gasteiger partial charge in [-0.05, 0) is 52.8 Å². The maximum Gasteiger partial charge on any atom is 0.159 e. The molecule has 224 valence electrons. The summed E-state index contributed by atoms with van der Waals surface area (Å²) in [4.78, 5) is 0. The largest absolute Gasteiger partial charge is 0.455 e. The second-order valence-electron chi connectivity index (χ2n) is 12.3. The number of aromatic nitrogens is 1. The van der Waals surface area contributed by atoms with Gasteiger partial charge >= 0.3 is 0 Å². The van der Waals surface area contributed by atoms with Crippen LogP contribution in [0.25, 0.3) is 93.3 Å². The lowest BCUT2D eigenvalue weighted by Gasteiger charge is -2.15. The highest BCUT2D eigenvalue weighted by atomic mass is 16.3. The number of para-hydroxylation sites is 2. The molecule has 1 aliphatic carbocycles. The fourth-order valence-electron chi connectivity index (χ4n) is 8.20. The Balaban J connectivity index is 0.00000140. The molecule has 0 bridgehead atoms. The van der Waals surface area contributed by atoms with E-state index in [0.717, 1.165) is 57.2 Å². The molecule has 47 heavy (non-hydrogen) atoms. The van der Waals surface area contributed by atoms with Gasteiger partial charge in [0.1, 0.15) is 16.9 Å². The first kappa shape index (κ1) is 26.4. The molecule has 3 heterocycles. The van der Waals surface area contributed by atoms with E-state index in [9.17, 15) is 0 Å². The van der Waals surface area contributed by atoms with Crippen molar-refractivity contribution in [1.82, 2.24) is 4.57 Å². The predicted molar refractivity (Wildman–Crippen MR) is 197 cm³/mol. The Morgan fingerprint density at radius 1 is 0.511 bits per heavy atom. The van der Waals surface area contributed by atoms with Crippen molar-refractivity contribution >= 4 is 76.3 Å². The topological polar surface area (TPSA) is 31.2 Å². The van der Waals surface area contributed by atoms with Crippen LogP contribution in [0, 0.1) is 0 Å². The van der Waals surface area contributed by atoms with Gasteiger partial charge in [0.25, 0.3) is 0 Å². The van der Waals surface area contributed by atoms with Crippen LogP contribution in [0.4, 0.5) is 0 Å². The van der Waals surface area contributed by atoms with E-state index in [2.05, 4.69) is 126 Å². The van der Waals surface area contributed by atoms with Gasteiger partial charge in [0, 0.05) is 43.4 Å². The normalized spacial score (nSPS) is 12.7. The zero-order chi connectivity index (χ0) is 31.2. The van der Waals surface area contributed by atoms with Crippen LogP contribution in [0.1, 0.15) is 25.0 Å². The van der Waals surface area contributed by atoms with Crippen LogP contribution in [-0.4, -0.2) is 4.57 Å². The van der Waals surface area contributed by atoms with Crippen LogP contribution in [0.15, 0.2) is 136 Å². The minimum atomic E-state index is 0.898. The van der Waals surface area contributed by atoms with E-state index in [1.165, 1.54) is 60.0 Å². The van der Waals surface area contributed by atoms with E-state index in [0.29, 0.717) is 0 Å². The summed E-state index contributed by atoms with van der Waals surface area (Å²) in [7, 11) is 0. The maximum atomic E-state index is 7.01. The van der Waals surface area contributed by atoms with E-state index < -0.39 is 0 Å². The molecular weight excluding hydrogens is 574 g/mol. The first-order chi connectivity index (χ1) is 23.3. The van der Waals surface area contributed by atoms with Crippen LogP contribution in [-0.2, 0) is 12.8 Å². The summed E-state index contributed by atoms with van der Waals surface area (Å²) in [5.74, 6) is 1.01. The van der Waals surface area contributed by atoms with E-state index >= 15 is 0 Å². The van der Waals surface area contributed by atoms with Gasteiger partial charge in [-0.25, -0.2) is 0 Å². The van der Waals surface area contributed by atoms with Crippen molar-refractivity contribution in [1.29, 1.82) is 0 Å². The van der Waals surface area contributed by atoms with E-state index in [-0.39, 0.29) is 0 Å². The Bertz CT molecular complexity index is 2880. The molecule has 0 amide bonds. The molecule has 0 aliphatic heterocycles. The molecule has 3 nitrogen and oxygen atoms in total. The van der Waals surface area contributed by atoms with E-state index in [4.69, 9.17) is 8.83 Å². The predicted octanol–water partition coefficient (Wildman–Crippen LogP) is 12.5. The molecule has 0 N–H and O–H groups in total. The highest BCUT2D eigenvalue weighted by Crippen LogP contribution is 2.50. The first-order valence-corrected chi connectivity index (χ1v) is 16.7. The number of fused-ring (bicyclic) bond motifs is 17. The summed E-state index contributed by atoms with van der Waals surface area (Å²) in [5.41, 5.74) is 10.0. The zero-order valence-electron chi connectivity index (χ0n) is 26.3. The van der Waals surface area contributed by atoms with Gasteiger partial charge in [-0.1, -0.05) is 123 Å². The van der Waals surface area contributed by atoms with Crippen molar-refractivity contribution in [2.24, 2.45) is 0 Å². The monoisotopic (exact) mass is 605 g/mol. The van der Waals surface area contributed by atoms with Crippen LogP contribution < -0.4 is 0 Å². The number of hydrogen-bond acceptors (Lipinski definition) is 2. The Labute approximate surface area is 271 Å². The second-order valence-corrected chi connectivity index (χ2v) is 12.3. The molecule has 0 saturated carbocycles. The molecule has 0 spiro atoms. The number of nitrogens with zero attached hydrogens (tertiary/aromatic N) is 1. The number of furan rings is 2. The van der Waals surface area contributed by atoms with Gasteiger partial charge in [-0.2, -0.15) is 0 Å². The van der Waals surface area contributed by atoms with Crippen molar-refractivity contribution in [3.63, 3.8) is 0 Å². The fourth-order valence-corrected chi connectivity index (χ4v) is 8.20. The van der Waals surface area contributed by atoms with Crippen molar-refractivity contribution in [2.75, 3.05) is 0 Å². The van der Waals surface area contributed by atoms with Crippen LogP contribution in [0.5, 0.6) is 0 Å². The third-order valence-corrected chi connectivity index (χ3v) is 10.1. The van der Waals surface area contributed by atoms with Crippen molar-refractivity contribution in [3.05, 3.63) is 139 Å². The van der Waals surface area contributed by atoms with Gasteiger partial charge in [-0.15, -0.1) is 0 Å². The van der Waals surface area contributed by atoms with Crippen LogP contribution >= 0.6 is 0 Å². The second kappa shape index (κ2) is 9.85. The Kier molecular flexibility index (Phi) is 5.54. The lowest BCUT2D eigenvalue weighted by atomic mass is 9.88. The van der Waals surface area contributed by atoms with Gasteiger partial charge in [0.15, 0.2) is 5.58 Å². The summed E-state index contributed by atoms with van der Waals surface area (Å²) in [6.07, 6.45) is 1.93. The molecule has 1 aliphatic rings. The van der Waals surface area contributed by atoms with Crippen molar-refractivity contribution in [2.45, 2.75) is 26.7 Å². The van der Waals surface area contributed by atoms with Gasteiger partial charge < -0.3 is 13.4 Å². The summed E-state index contributed by atoms with van der Waals surface area (Å²) < 4.78 is 16.2. The molecule has 0 atom stereocenters. The summed E-state index contributed by atoms with van der Waals surface area (Å²) in [5, 5.41) is 10.8. The van der Waals surface area contributed by atoms with Crippen LogP contribution in [0.2, 0.25) is 0 Å². The maximum absolute atomic E-state index is 7.01. The number of rotatable bonds is 1. The zero-order valence-corrected chi connectivity index (χ0v) is 26.3. The van der Waals surface area contributed by atoms with E-state index in [1.54, 1.807) is 0 Å². The molecule has 3 aromatic heterocycles. The molecule has 0 radical (unpaired) electrons. The van der Waals surface area contributed by atoms with E-state index in [1.807, 2.05) is 19.9 Å². The van der Waals surface area contributed by atoms with Gasteiger partial charge in [0.2, 0.25) is 0 Å². The van der Waals surface area contributed by atoms with Crippen molar-refractivity contribution in [3.8, 4) is 17.0 Å².